The molecular formula is C21H22N2O3. The maximum Gasteiger partial charge on any atom is 0.266 e. The van der Waals surface area contributed by atoms with E-state index in [4.69, 9.17) is 9.47 Å². The highest BCUT2D eigenvalue weighted by atomic mass is 16.5. The molecule has 0 unspecified atom stereocenters. The number of rotatable bonds is 7. The van der Waals surface area contributed by atoms with Gasteiger partial charge in [0.25, 0.3) is 5.91 Å². The van der Waals surface area contributed by atoms with Crippen LogP contribution in [0.2, 0.25) is 0 Å². The second kappa shape index (κ2) is 9.28. The van der Waals surface area contributed by atoms with E-state index in [2.05, 4.69) is 5.32 Å². The fourth-order valence-electron chi connectivity index (χ4n) is 2.32. The minimum absolute atomic E-state index is 0.0116. The molecule has 2 rings (SSSR count). The van der Waals surface area contributed by atoms with Crippen molar-refractivity contribution in [1.29, 1.82) is 5.26 Å². The van der Waals surface area contributed by atoms with Gasteiger partial charge in [-0.3, -0.25) is 4.79 Å². The number of carbonyl (C=O) groups excluding carboxylic acids is 1. The van der Waals surface area contributed by atoms with E-state index in [0.717, 1.165) is 12.0 Å². The number of hydrogen-bond acceptors (Lipinski definition) is 4. The minimum atomic E-state index is -0.452. The molecular weight excluding hydrogens is 328 g/mol. The van der Waals surface area contributed by atoms with E-state index in [-0.39, 0.29) is 5.57 Å². The lowest BCUT2D eigenvalue weighted by Gasteiger charge is -2.11. The topological polar surface area (TPSA) is 71.3 Å². The lowest BCUT2D eigenvalue weighted by Crippen LogP contribution is -2.14. The number of anilines is 1. The average Bonchev–Trinajstić information content (AvgIpc) is 2.66. The van der Waals surface area contributed by atoms with Crippen LogP contribution >= 0.6 is 0 Å². The Kier molecular flexibility index (Phi) is 6.81. The Bertz CT molecular complexity index is 851. The molecule has 5 heteroatoms. The zero-order chi connectivity index (χ0) is 18.9. The predicted molar refractivity (Wildman–Crippen MR) is 102 cm³/mol. The van der Waals surface area contributed by atoms with Crippen LogP contribution < -0.4 is 14.8 Å². The second-order valence-corrected chi connectivity index (χ2v) is 5.70. The highest BCUT2D eigenvalue weighted by Crippen LogP contribution is 2.29. The first-order chi connectivity index (χ1) is 12.6. The molecule has 5 nitrogen and oxygen atoms in total. The fourth-order valence-corrected chi connectivity index (χ4v) is 2.32. The Morgan fingerprint density at radius 1 is 1.23 bits per heavy atom. The van der Waals surface area contributed by atoms with Gasteiger partial charge in [-0.15, -0.1) is 0 Å². The smallest absolute Gasteiger partial charge is 0.266 e. The van der Waals surface area contributed by atoms with Crippen LogP contribution in [-0.4, -0.2) is 19.6 Å². The largest absolute Gasteiger partial charge is 0.493 e. The Morgan fingerprint density at radius 2 is 2.00 bits per heavy atom. The van der Waals surface area contributed by atoms with Crippen LogP contribution in [0.4, 0.5) is 5.69 Å². The quantitative estimate of drug-likeness (QED) is 0.596. The van der Waals surface area contributed by atoms with Gasteiger partial charge < -0.3 is 14.8 Å². The number of aryl methyl sites for hydroxylation is 1. The molecule has 0 aliphatic carbocycles. The zero-order valence-corrected chi connectivity index (χ0v) is 15.2. The van der Waals surface area contributed by atoms with Gasteiger partial charge in [-0.1, -0.05) is 31.2 Å². The standard InChI is InChI=1S/C21H22N2O3/c1-4-11-26-19-10-9-16(13-20(19)25-3)12-17(14-22)21(24)23-18-8-6-5-7-15(18)2/h5-10,12-13H,4,11H2,1-3H3,(H,23,24)/b17-12-. The Balaban J connectivity index is 2.23. The highest BCUT2D eigenvalue weighted by Gasteiger charge is 2.12. The van der Waals surface area contributed by atoms with Crippen molar-refractivity contribution in [2.45, 2.75) is 20.3 Å². The molecule has 0 atom stereocenters. The first-order valence-electron chi connectivity index (χ1n) is 8.38. The second-order valence-electron chi connectivity index (χ2n) is 5.70. The van der Waals surface area contributed by atoms with E-state index in [0.29, 0.717) is 29.4 Å². The third kappa shape index (κ3) is 4.87. The molecule has 1 N–H and O–H groups in total. The van der Waals surface area contributed by atoms with Gasteiger partial charge in [-0.25, -0.2) is 0 Å². The predicted octanol–water partition coefficient (Wildman–Crippen LogP) is 4.34. The monoisotopic (exact) mass is 350 g/mol. The van der Waals surface area contributed by atoms with E-state index in [1.807, 2.05) is 38.1 Å². The van der Waals surface area contributed by atoms with Crippen LogP contribution in [0.3, 0.4) is 0 Å². The van der Waals surface area contributed by atoms with Crippen molar-refractivity contribution in [2.75, 3.05) is 19.0 Å². The van der Waals surface area contributed by atoms with Crippen molar-refractivity contribution in [2.24, 2.45) is 0 Å². The zero-order valence-electron chi connectivity index (χ0n) is 15.2. The third-order valence-electron chi connectivity index (χ3n) is 3.72. The molecule has 26 heavy (non-hydrogen) atoms. The van der Waals surface area contributed by atoms with Gasteiger partial charge in [-0.05, 0) is 48.7 Å². The number of hydrogen-bond donors (Lipinski definition) is 1. The molecule has 2 aromatic carbocycles. The van der Waals surface area contributed by atoms with Gasteiger partial charge >= 0.3 is 0 Å². The number of ether oxygens (including phenoxy) is 2. The van der Waals surface area contributed by atoms with E-state index in [1.165, 1.54) is 6.08 Å². The number of carbonyl (C=O) groups is 1. The lowest BCUT2D eigenvalue weighted by molar-refractivity contribution is -0.112. The van der Waals surface area contributed by atoms with Gasteiger partial charge in [0.1, 0.15) is 11.6 Å². The van der Waals surface area contributed by atoms with Crippen LogP contribution in [0, 0.1) is 18.3 Å². The first-order valence-corrected chi connectivity index (χ1v) is 8.38. The summed E-state index contributed by atoms with van der Waals surface area (Å²) in [5.74, 6) is 0.741. The molecule has 0 fully saturated rings. The Morgan fingerprint density at radius 3 is 2.65 bits per heavy atom. The van der Waals surface area contributed by atoms with E-state index >= 15 is 0 Å². The number of nitrogens with zero attached hydrogens (tertiary/aromatic N) is 1. The average molecular weight is 350 g/mol. The Hall–Kier alpha value is -3.26. The number of nitrogens with one attached hydrogen (secondary N) is 1. The van der Waals surface area contributed by atoms with Crippen molar-refractivity contribution in [3.05, 3.63) is 59.2 Å². The summed E-state index contributed by atoms with van der Waals surface area (Å²) >= 11 is 0. The summed E-state index contributed by atoms with van der Waals surface area (Å²) in [5, 5.41) is 12.1. The summed E-state index contributed by atoms with van der Waals surface area (Å²) in [4.78, 5) is 12.4. The summed E-state index contributed by atoms with van der Waals surface area (Å²) < 4.78 is 10.9. The van der Waals surface area contributed by atoms with Crippen molar-refractivity contribution in [3.8, 4) is 17.6 Å². The molecule has 0 bridgehead atoms. The summed E-state index contributed by atoms with van der Waals surface area (Å²) in [6, 6.07) is 14.7. The molecule has 134 valence electrons. The van der Waals surface area contributed by atoms with Crippen LogP contribution in [0.5, 0.6) is 11.5 Å². The molecule has 0 spiro atoms. The molecule has 0 saturated carbocycles. The van der Waals surface area contributed by atoms with Crippen LogP contribution in [0.1, 0.15) is 24.5 Å². The van der Waals surface area contributed by atoms with Crippen molar-refractivity contribution in [3.63, 3.8) is 0 Å². The maximum absolute atomic E-state index is 12.4. The van der Waals surface area contributed by atoms with Gasteiger partial charge in [0.2, 0.25) is 0 Å². The number of nitriles is 1. The minimum Gasteiger partial charge on any atom is -0.493 e. The molecule has 0 aliphatic heterocycles. The lowest BCUT2D eigenvalue weighted by atomic mass is 10.1. The number of para-hydroxylation sites is 1. The van der Waals surface area contributed by atoms with Crippen molar-refractivity contribution in [1.82, 2.24) is 0 Å². The summed E-state index contributed by atoms with van der Waals surface area (Å²) in [7, 11) is 1.55. The normalized spacial score (nSPS) is 10.8. The van der Waals surface area contributed by atoms with Crippen LogP contribution in [0.25, 0.3) is 6.08 Å². The molecule has 0 radical (unpaired) electrons. The van der Waals surface area contributed by atoms with Gasteiger partial charge in [-0.2, -0.15) is 5.26 Å². The maximum atomic E-state index is 12.4. The third-order valence-corrected chi connectivity index (χ3v) is 3.72. The van der Waals surface area contributed by atoms with E-state index < -0.39 is 5.91 Å². The van der Waals surface area contributed by atoms with Gasteiger partial charge in [0.15, 0.2) is 11.5 Å². The highest BCUT2D eigenvalue weighted by molar-refractivity contribution is 6.10. The SMILES string of the molecule is CCCOc1ccc(/C=C(/C#N)C(=O)Nc2ccccc2C)cc1OC. The first kappa shape index (κ1) is 19.1. The van der Waals surface area contributed by atoms with Gasteiger partial charge in [0.05, 0.1) is 13.7 Å². The molecule has 0 saturated heterocycles. The van der Waals surface area contributed by atoms with Crippen LogP contribution in [-0.2, 0) is 4.79 Å². The molecule has 0 aliphatic rings. The van der Waals surface area contributed by atoms with E-state index in [1.54, 1.807) is 31.4 Å². The van der Waals surface area contributed by atoms with Crippen molar-refractivity contribution < 1.29 is 14.3 Å². The number of methoxy groups -OCH3 is 1. The molecule has 2 aromatic rings. The summed E-state index contributed by atoms with van der Waals surface area (Å²) in [6.07, 6.45) is 2.42. The summed E-state index contributed by atoms with van der Waals surface area (Å²) in [5.41, 5.74) is 2.30. The molecule has 0 aromatic heterocycles. The fraction of sp³-hybridized carbons (Fsp3) is 0.238. The number of benzene rings is 2. The molecule has 0 heterocycles. The molecule has 1 amide bonds. The number of amides is 1. The van der Waals surface area contributed by atoms with Crippen LogP contribution in [0.15, 0.2) is 48.0 Å². The Labute approximate surface area is 153 Å². The van der Waals surface area contributed by atoms with E-state index in [9.17, 15) is 10.1 Å². The van der Waals surface area contributed by atoms with Crippen molar-refractivity contribution >= 4 is 17.7 Å². The summed E-state index contributed by atoms with van der Waals surface area (Å²) in [6.45, 7) is 4.51. The van der Waals surface area contributed by atoms with Gasteiger partial charge in [0, 0.05) is 5.69 Å².